The lowest BCUT2D eigenvalue weighted by molar-refractivity contribution is 0.700. The van der Waals surface area contributed by atoms with Gasteiger partial charge in [-0.05, 0) is 19.4 Å². The molecule has 1 aromatic carbocycles. The van der Waals surface area contributed by atoms with Gasteiger partial charge in [0, 0.05) is 7.05 Å². The first-order valence-corrected chi connectivity index (χ1v) is 5.27. The number of hydrogen-bond donors (Lipinski definition) is 1. The Morgan fingerprint density at radius 1 is 1.19 bits per heavy atom. The first-order chi connectivity index (χ1) is 7.58. The summed E-state index contributed by atoms with van der Waals surface area (Å²) < 4.78 is 1.74. The summed E-state index contributed by atoms with van der Waals surface area (Å²) in [6, 6.07) is 7.88. The molecule has 2 N–H and O–H groups in total. The van der Waals surface area contributed by atoms with E-state index < -0.39 is 0 Å². The van der Waals surface area contributed by atoms with E-state index in [0.717, 1.165) is 11.4 Å². The molecule has 0 radical (unpaired) electrons. The highest BCUT2D eigenvalue weighted by Crippen LogP contribution is 2.16. The van der Waals surface area contributed by atoms with Gasteiger partial charge in [0.15, 0.2) is 5.82 Å². The Bertz CT molecular complexity index is 465. The molecule has 1 aromatic heterocycles. The third kappa shape index (κ3) is 1.97. The fourth-order valence-corrected chi connectivity index (χ4v) is 1.54. The molecule has 0 aliphatic heterocycles. The van der Waals surface area contributed by atoms with E-state index in [0.29, 0.717) is 5.82 Å². The Labute approximate surface area is 95.1 Å². The van der Waals surface area contributed by atoms with Crippen LogP contribution in [0, 0.1) is 13.8 Å². The maximum Gasteiger partial charge on any atom is 0.172 e. The van der Waals surface area contributed by atoms with Crippen molar-refractivity contribution in [2.24, 2.45) is 12.8 Å². The highest BCUT2D eigenvalue weighted by atomic mass is 15.3. The van der Waals surface area contributed by atoms with Crippen LogP contribution in [0.3, 0.4) is 0 Å². The fourth-order valence-electron chi connectivity index (χ4n) is 1.54. The van der Waals surface area contributed by atoms with E-state index in [2.05, 4.69) is 17.0 Å². The molecular formula is C12H16N4. The number of benzene rings is 1. The van der Waals surface area contributed by atoms with Gasteiger partial charge >= 0.3 is 0 Å². The van der Waals surface area contributed by atoms with Crippen LogP contribution in [0.2, 0.25) is 0 Å². The van der Waals surface area contributed by atoms with Crippen molar-refractivity contribution in [3.8, 4) is 0 Å². The van der Waals surface area contributed by atoms with Gasteiger partial charge < -0.3 is 5.73 Å². The molecular weight excluding hydrogens is 200 g/mol. The number of aromatic nitrogens is 3. The lowest BCUT2D eigenvalue weighted by Crippen LogP contribution is -2.14. The SMILES string of the molecule is Cc1ccc([C@H](N)c2nc(C)n(C)n2)cc1. The van der Waals surface area contributed by atoms with E-state index in [1.807, 2.05) is 38.2 Å². The molecule has 0 amide bonds. The molecule has 84 valence electrons. The van der Waals surface area contributed by atoms with E-state index in [9.17, 15) is 0 Å². The lowest BCUT2D eigenvalue weighted by Gasteiger charge is -2.07. The minimum Gasteiger partial charge on any atom is -0.318 e. The normalized spacial score (nSPS) is 12.8. The molecule has 1 heterocycles. The van der Waals surface area contributed by atoms with Crippen molar-refractivity contribution in [3.63, 3.8) is 0 Å². The first-order valence-electron chi connectivity index (χ1n) is 5.27. The van der Waals surface area contributed by atoms with Crippen molar-refractivity contribution in [2.75, 3.05) is 0 Å². The molecule has 4 nitrogen and oxygen atoms in total. The highest BCUT2D eigenvalue weighted by Gasteiger charge is 2.14. The zero-order chi connectivity index (χ0) is 11.7. The number of rotatable bonds is 2. The van der Waals surface area contributed by atoms with Crippen LogP contribution in [0.5, 0.6) is 0 Å². The van der Waals surface area contributed by atoms with Crippen LogP contribution in [0.15, 0.2) is 24.3 Å². The topological polar surface area (TPSA) is 56.7 Å². The van der Waals surface area contributed by atoms with Gasteiger partial charge in [-0.15, -0.1) is 0 Å². The van der Waals surface area contributed by atoms with Gasteiger partial charge in [0.1, 0.15) is 5.82 Å². The quantitative estimate of drug-likeness (QED) is 0.827. The highest BCUT2D eigenvalue weighted by molar-refractivity contribution is 5.27. The van der Waals surface area contributed by atoms with Gasteiger partial charge in [-0.1, -0.05) is 29.8 Å². The van der Waals surface area contributed by atoms with Crippen molar-refractivity contribution in [2.45, 2.75) is 19.9 Å². The Balaban J connectivity index is 2.31. The van der Waals surface area contributed by atoms with Gasteiger partial charge in [0.05, 0.1) is 6.04 Å². The maximum atomic E-state index is 6.11. The number of nitrogens with two attached hydrogens (primary N) is 1. The Hall–Kier alpha value is -1.68. The van der Waals surface area contributed by atoms with Gasteiger partial charge in [0.25, 0.3) is 0 Å². The molecule has 0 spiro atoms. The summed E-state index contributed by atoms with van der Waals surface area (Å²) in [7, 11) is 1.87. The summed E-state index contributed by atoms with van der Waals surface area (Å²) in [6.45, 7) is 3.97. The van der Waals surface area contributed by atoms with Crippen molar-refractivity contribution in [1.82, 2.24) is 14.8 Å². The van der Waals surface area contributed by atoms with Crippen LogP contribution in [0.1, 0.15) is 28.8 Å². The zero-order valence-electron chi connectivity index (χ0n) is 9.81. The molecule has 0 fully saturated rings. The average Bonchev–Trinajstić information content (AvgIpc) is 2.59. The second-order valence-electron chi connectivity index (χ2n) is 4.03. The fraction of sp³-hybridized carbons (Fsp3) is 0.333. The second kappa shape index (κ2) is 4.06. The number of hydrogen-bond acceptors (Lipinski definition) is 3. The molecule has 2 aromatic rings. The maximum absolute atomic E-state index is 6.11. The largest absolute Gasteiger partial charge is 0.318 e. The first kappa shape index (κ1) is 10.8. The summed E-state index contributed by atoms with van der Waals surface area (Å²) in [5.41, 5.74) is 8.37. The van der Waals surface area contributed by atoms with Gasteiger partial charge in [-0.3, -0.25) is 4.68 Å². The van der Waals surface area contributed by atoms with Crippen LogP contribution in [-0.2, 0) is 7.05 Å². The summed E-state index contributed by atoms with van der Waals surface area (Å²) in [5, 5.41) is 4.29. The van der Waals surface area contributed by atoms with E-state index >= 15 is 0 Å². The molecule has 0 saturated carbocycles. The predicted molar refractivity (Wildman–Crippen MR) is 62.9 cm³/mol. The van der Waals surface area contributed by atoms with Crippen molar-refractivity contribution >= 4 is 0 Å². The smallest absolute Gasteiger partial charge is 0.172 e. The standard InChI is InChI=1S/C12H16N4/c1-8-4-6-10(7-5-8)11(13)12-14-9(2)16(3)15-12/h4-7,11H,13H2,1-3H3/t11-/m0/s1. The van der Waals surface area contributed by atoms with E-state index in [-0.39, 0.29) is 6.04 Å². The molecule has 4 heteroatoms. The number of nitrogens with zero attached hydrogens (tertiary/aromatic N) is 3. The van der Waals surface area contributed by atoms with Crippen LogP contribution >= 0.6 is 0 Å². The van der Waals surface area contributed by atoms with Crippen LogP contribution in [0.4, 0.5) is 0 Å². The zero-order valence-corrected chi connectivity index (χ0v) is 9.81. The van der Waals surface area contributed by atoms with Crippen LogP contribution in [0.25, 0.3) is 0 Å². The average molecular weight is 216 g/mol. The molecule has 1 atom stereocenters. The van der Waals surface area contributed by atoms with Crippen LogP contribution < -0.4 is 5.73 Å². The van der Waals surface area contributed by atoms with Gasteiger partial charge in [-0.2, -0.15) is 5.10 Å². The second-order valence-corrected chi connectivity index (χ2v) is 4.03. The molecule has 0 aliphatic rings. The van der Waals surface area contributed by atoms with E-state index in [1.54, 1.807) is 4.68 Å². The minimum absolute atomic E-state index is 0.250. The van der Waals surface area contributed by atoms with E-state index in [4.69, 9.17) is 5.73 Å². The Morgan fingerprint density at radius 2 is 1.81 bits per heavy atom. The summed E-state index contributed by atoms with van der Waals surface area (Å²) in [5.74, 6) is 1.54. The molecule has 16 heavy (non-hydrogen) atoms. The predicted octanol–water partition coefficient (Wildman–Crippen LogP) is 1.48. The van der Waals surface area contributed by atoms with Crippen LogP contribution in [-0.4, -0.2) is 14.8 Å². The third-order valence-electron chi connectivity index (χ3n) is 2.71. The van der Waals surface area contributed by atoms with Gasteiger partial charge in [-0.25, -0.2) is 4.98 Å². The van der Waals surface area contributed by atoms with Gasteiger partial charge in [0.2, 0.25) is 0 Å². The lowest BCUT2D eigenvalue weighted by atomic mass is 10.1. The summed E-state index contributed by atoms with van der Waals surface area (Å²) >= 11 is 0. The monoisotopic (exact) mass is 216 g/mol. The summed E-state index contributed by atoms with van der Waals surface area (Å²) in [4.78, 5) is 4.34. The minimum atomic E-state index is -0.250. The Morgan fingerprint density at radius 3 is 2.31 bits per heavy atom. The van der Waals surface area contributed by atoms with Crippen molar-refractivity contribution < 1.29 is 0 Å². The molecule has 0 saturated heterocycles. The molecule has 0 unspecified atom stereocenters. The Kier molecular flexibility index (Phi) is 2.75. The third-order valence-corrected chi connectivity index (χ3v) is 2.71. The summed E-state index contributed by atoms with van der Waals surface area (Å²) in [6.07, 6.45) is 0. The molecule has 0 bridgehead atoms. The van der Waals surface area contributed by atoms with Crippen molar-refractivity contribution in [1.29, 1.82) is 0 Å². The molecule has 0 aliphatic carbocycles. The molecule has 2 rings (SSSR count). The van der Waals surface area contributed by atoms with Crippen molar-refractivity contribution in [3.05, 3.63) is 47.0 Å². The van der Waals surface area contributed by atoms with E-state index in [1.165, 1.54) is 5.56 Å². The number of aryl methyl sites for hydroxylation is 3.